The lowest BCUT2D eigenvalue weighted by Crippen LogP contribution is -2.51. The Hall–Kier alpha value is -2.81. The molecule has 0 unspecified atom stereocenters. The fourth-order valence-electron chi connectivity index (χ4n) is 3.76. The smallest absolute Gasteiger partial charge is 0.414 e. The van der Waals surface area contributed by atoms with Gasteiger partial charge in [0.05, 0.1) is 0 Å². The Morgan fingerprint density at radius 1 is 0.875 bits per heavy atom. The van der Waals surface area contributed by atoms with Gasteiger partial charge in [-0.25, -0.2) is 9.59 Å². The van der Waals surface area contributed by atoms with Crippen LogP contribution in [0.4, 0.5) is 0 Å². The van der Waals surface area contributed by atoms with Crippen molar-refractivity contribution in [3.8, 4) is 5.75 Å². The van der Waals surface area contributed by atoms with Crippen LogP contribution in [0.25, 0.3) is 0 Å². The number of halogens is 1. The maximum Gasteiger partial charge on any atom is 0.414 e. The van der Waals surface area contributed by atoms with E-state index in [1.54, 1.807) is 29.2 Å². The molecule has 9 nitrogen and oxygen atoms in total. The van der Waals surface area contributed by atoms with E-state index >= 15 is 0 Å². The van der Waals surface area contributed by atoms with E-state index < -0.39 is 11.9 Å². The Morgan fingerprint density at radius 2 is 1.38 bits per heavy atom. The summed E-state index contributed by atoms with van der Waals surface area (Å²) in [7, 11) is 0. The minimum atomic E-state index is -1.82. The van der Waals surface area contributed by atoms with Gasteiger partial charge in [0.25, 0.3) is 5.91 Å². The first kappa shape index (κ1) is 25.5. The summed E-state index contributed by atoms with van der Waals surface area (Å²) in [5.74, 6) is -2.08. The van der Waals surface area contributed by atoms with Gasteiger partial charge in [-0.3, -0.25) is 9.59 Å². The van der Waals surface area contributed by atoms with Crippen molar-refractivity contribution in [1.82, 2.24) is 9.80 Å². The number of piperazine rings is 1. The van der Waals surface area contributed by atoms with Gasteiger partial charge in [0.1, 0.15) is 5.75 Å². The molecule has 0 atom stereocenters. The van der Waals surface area contributed by atoms with E-state index in [-0.39, 0.29) is 18.4 Å². The Bertz CT molecular complexity index is 774. The second-order valence-corrected chi connectivity index (χ2v) is 8.24. The molecule has 3 rings (SSSR count). The maximum atomic E-state index is 12.4. The zero-order valence-corrected chi connectivity index (χ0v) is 18.6. The molecule has 176 valence electrons. The van der Waals surface area contributed by atoms with Gasteiger partial charge >= 0.3 is 11.9 Å². The molecule has 0 aromatic heterocycles. The lowest BCUT2D eigenvalue weighted by molar-refractivity contribution is -0.159. The SMILES string of the molecule is O=C(CCC1CCCC1)N1CCN(C(=O)COc2ccc(Cl)cc2)CC1.O=C(O)C(=O)O. The summed E-state index contributed by atoms with van der Waals surface area (Å²) in [6.45, 7) is 2.42. The van der Waals surface area contributed by atoms with E-state index in [1.807, 2.05) is 4.90 Å². The van der Waals surface area contributed by atoms with Crippen LogP contribution in [0.2, 0.25) is 5.02 Å². The number of carbonyl (C=O) groups is 4. The third-order valence-corrected chi connectivity index (χ3v) is 5.84. The highest BCUT2D eigenvalue weighted by atomic mass is 35.5. The van der Waals surface area contributed by atoms with E-state index in [1.165, 1.54) is 25.7 Å². The summed E-state index contributed by atoms with van der Waals surface area (Å²) >= 11 is 5.83. The van der Waals surface area contributed by atoms with Crippen LogP contribution in [0.5, 0.6) is 5.75 Å². The molecule has 1 aliphatic carbocycles. The lowest BCUT2D eigenvalue weighted by Gasteiger charge is -2.35. The number of carboxylic acids is 2. The number of amides is 2. The van der Waals surface area contributed by atoms with Crippen molar-refractivity contribution < 1.29 is 34.1 Å². The second kappa shape index (κ2) is 12.9. The zero-order valence-electron chi connectivity index (χ0n) is 17.9. The molecule has 2 amide bonds. The third kappa shape index (κ3) is 8.74. The maximum absolute atomic E-state index is 12.4. The molecule has 0 spiro atoms. The standard InChI is InChI=1S/C20H27ClN2O3.C2H2O4/c21-17-6-8-18(9-7-17)26-15-20(25)23-13-11-22(12-14-23)19(24)10-5-16-3-1-2-4-16;3-1(4)2(5)6/h6-9,16H,1-5,10-15H2;(H,3,4)(H,5,6). The van der Waals surface area contributed by atoms with E-state index in [0.29, 0.717) is 43.4 Å². The van der Waals surface area contributed by atoms with Gasteiger partial charge in [-0.1, -0.05) is 37.3 Å². The molecule has 32 heavy (non-hydrogen) atoms. The summed E-state index contributed by atoms with van der Waals surface area (Å²) in [6.07, 6.45) is 6.87. The van der Waals surface area contributed by atoms with Crippen molar-refractivity contribution >= 4 is 35.4 Å². The summed E-state index contributed by atoms with van der Waals surface area (Å²) < 4.78 is 5.52. The zero-order chi connectivity index (χ0) is 23.5. The number of carboxylic acid groups (broad SMARTS) is 2. The molecule has 1 aliphatic heterocycles. The number of hydrogen-bond donors (Lipinski definition) is 2. The van der Waals surface area contributed by atoms with Crippen molar-refractivity contribution in [3.63, 3.8) is 0 Å². The minimum Gasteiger partial charge on any atom is -0.484 e. The predicted molar refractivity (Wildman–Crippen MR) is 117 cm³/mol. The quantitative estimate of drug-likeness (QED) is 0.614. The highest BCUT2D eigenvalue weighted by molar-refractivity contribution is 6.30. The van der Waals surface area contributed by atoms with Gasteiger partial charge in [-0.15, -0.1) is 0 Å². The number of nitrogens with zero attached hydrogens (tertiary/aromatic N) is 2. The van der Waals surface area contributed by atoms with Crippen LogP contribution in [-0.4, -0.2) is 76.6 Å². The molecule has 1 saturated carbocycles. The first-order chi connectivity index (χ1) is 15.3. The molecule has 1 aromatic carbocycles. The van der Waals surface area contributed by atoms with E-state index in [4.69, 9.17) is 36.1 Å². The number of carbonyl (C=O) groups excluding carboxylic acids is 2. The van der Waals surface area contributed by atoms with E-state index in [2.05, 4.69) is 0 Å². The molecule has 1 heterocycles. The summed E-state index contributed by atoms with van der Waals surface area (Å²) in [5.41, 5.74) is 0. The third-order valence-electron chi connectivity index (χ3n) is 5.59. The average Bonchev–Trinajstić information content (AvgIpc) is 3.31. The predicted octanol–water partition coefficient (Wildman–Crippen LogP) is 2.52. The van der Waals surface area contributed by atoms with Gasteiger partial charge < -0.3 is 24.7 Å². The number of ether oxygens (including phenoxy) is 1. The molecular formula is C22H29ClN2O7. The number of rotatable bonds is 6. The molecule has 2 fully saturated rings. The topological polar surface area (TPSA) is 124 Å². The van der Waals surface area contributed by atoms with Crippen LogP contribution < -0.4 is 4.74 Å². The van der Waals surface area contributed by atoms with Crippen molar-refractivity contribution in [2.24, 2.45) is 5.92 Å². The molecule has 2 aliphatic rings. The van der Waals surface area contributed by atoms with E-state index in [9.17, 15) is 9.59 Å². The van der Waals surface area contributed by atoms with Crippen LogP contribution in [0, 0.1) is 5.92 Å². The first-order valence-corrected chi connectivity index (χ1v) is 11.0. The normalized spacial score (nSPS) is 16.2. The summed E-state index contributed by atoms with van der Waals surface area (Å²) in [5, 5.41) is 15.4. The fourth-order valence-corrected chi connectivity index (χ4v) is 3.88. The van der Waals surface area contributed by atoms with Crippen LogP contribution in [0.3, 0.4) is 0 Å². The molecule has 10 heteroatoms. The second-order valence-electron chi connectivity index (χ2n) is 7.80. The van der Waals surface area contributed by atoms with Gasteiger partial charge in [-0.2, -0.15) is 0 Å². The van der Waals surface area contributed by atoms with Crippen LogP contribution in [0.15, 0.2) is 24.3 Å². The molecule has 1 aromatic rings. The van der Waals surface area contributed by atoms with Gasteiger partial charge in [0.15, 0.2) is 6.61 Å². The van der Waals surface area contributed by atoms with Crippen molar-refractivity contribution in [2.75, 3.05) is 32.8 Å². The van der Waals surface area contributed by atoms with E-state index in [0.717, 1.165) is 12.3 Å². The largest absolute Gasteiger partial charge is 0.484 e. The molecule has 0 bridgehead atoms. The number of benzene rings is 1. The molecular weight excluding hydrogens is 440 g/mol. The van der Waals surface area contributed by atoms with Gasteiger partial charge in [0, 0.05) is 37.6 Å². The van der Waals surface area contributed by atoms with Crippen LogP contribution in [0.1, 0.15) is 38.5 Å². The van der Waals surface area contributed by atoms with Crippen LogP contribution >= 0.6 is 11.6 Å². The summed E-state index contributed by atoms with van der Waals surface area (Å²) in [6, 6.07) is 6.96. The molecule has 0 radical (unpaired) electrons. The summed E-state index contributed by atoms with van der Waals surface area (Å²) in [4.78, 5) is 46.5. The highest BCUT2D eigenvalue weighted by Crippen LogP contribution is 2.28. The van der Waals surface area contributed by atoms with Gasteiger partial charge in [-0.05, 0) is 36.6 Å². The monoisotopic (exact) mass is 468 g/mol. The Morgan fingerprint density at radius 3 is 1.88 bits per heavy atom. The Labute approximate surface area is 191 Å². The lowest BCUT2D eigenvalue weighted by atomic mass is 10.0. The van der Waals surface area contributed by atoms with Crippen LogP contribution in [-0.2, 0) is 19.2 Å². The van der Waals surface area contributed by atoms with Crippen molar-refractivity contribution in [3.05, 3.63) is 29.3 Å². The van der Waals surface area contributed by atoms with Crippen molar-refractivity contribution in [1.29, 1.82) is 0 Å². The number of aliphatic carboxylic acids is 2. The number of hydrogen-bond acceptors (Lipinski definition) is 5. The van der Waals surface area contributed by atoms with Crippen molar-refractivity contribution in [2.45, 2.75) is 38.5 Å². The van der Waals surface area contributed by atoms with Gasteiger partial charge in [0.2, 0.25) is 5.91 Å². The minimum absolute atomic E-state index is 0.0112. The molecule has 1 saturated heterocycles. The average molecular weight is 469 g/mol. The Balaban J connectivity index is 0.000000534. The fraction of sp³-hybridized carbons (Fsp3) is 0.545. The first-order valence-electron chi connectivity index (χ1n) is 10.7. The Kier molecular flexibility index (Phi) is 10.3. The highest BCUT2D eigenvalue weighted by Gasteiger charge is 2.25. The molecule has 2 N–H and O–H groups in total.